The number of benzene rings is 2. The summed E-state index contributed by atoms with van der Waals surface area (Å²) in [7, 11) is -2.32. The minimum absolute atomic E-state index is 0.0858. The minimum Gasteiger partial charge on any atom is -0.466 e. The van der Waals surface area contributed by atoms with Gasteiger partial charge in [-0.3, -0.25) is 9.59 Å². The van der Waals surface area contributed by atoms with Crippen LogP contribution in [0.4, 0.5) is 11.4 Å². The fourth-order valence-electron chi connectivity index (χ4n) is 3.64. The number of hydrogen-bond donors (Lipinski definition) is 1. The van der Waals surface area contributed by atoms with Gasteiger partial charge in [0.25, 0.3) is 0 Å². The van der Waals surface area contributed by atoms with Crippen LogP contribution in [-0.4, -0.2) is 41.3 Å². The Labute approximate surface area is 226 Å². The zero-order chi connectivity index (χ0) is 27.3. The first-order valence-corrected chi connectivity index (χ1v) is 21.1. The first-order valence-electron chi connectivity index (χ1n) is 13.7. The summed E-state index contributed by atoms with van der Waals surface area (Å²) in [4.78, 5) is 23.8. The Morgan fingerprint density at radius 1 is 0.622 bits per heavy atom. The number of anilines is 2. The Morgan fingerprint density at radius 2 is 0.973 bits per heavy atom. The molecule has 0 unspecified atom stereocenters. The van der Waals surface area contributed by atoms with Gasteiger partial charge in [0.1, 0.15) is 0 Å². The third kappa shape index (κ3) is 14.8. The molecule has 37 heavy (non-hydrogen) atoms. The molecule has 0 fully saturated rings. The molecule has 204 valence electrons. The van der Waals surface area contributed by atoms with Crippen molar-refractivity contribution in [2.75, 3.05) is 18.5 Å². The van der Waals surface area contributed by atoms with Crippen LogP contribution in [0.3, 0.4) is 0 Å². The molecule has 1 N–H and O–H groups in total. The van der Waals surface area contributed by atoms with Gasteiger partial charge in [0, 0.05) is 40.4 Å². The molecule has 0 aliphatic carbocycles. The predicted octanol–water partition coefficient (Wildman–Crippen LogP) is 7.84. The van der Waals surface area contributed by atoms with Gasteiger partial charge in [-0.25, -0.2) is 0 Å². The lowest BCUT2D eigenvalue weighted by atomic mass is 10.1. The van der Waals surface area contributed by atoms with Gasteiger partial charge in [0.05, 0.1) is 13.2 Å². The average Bonchev–Trinajstić information content (AvgIpc) is 2.80. The number of carbonyl (C=O) groups is 2. The summed E-state index contributed by atoms with van der Waals surface area (Å²) in [5.74, 6) is -0.172. The lowest BCUT2D eigenvalue weighted by molar-refractivity contribution is -0.144. The van der Waals surface area contributed by atoms with Gasteiger partial charge in [-0.2, -0.15) is 0 Å². The van der Waals surface area contributed by atoms with E-state index in [1.807, 2.05) is 0 Å². The zero-order valence-electron chi connectivity index (χ0n) is 23.8. The van der Waals surface area contributed by atoms with E-state index in [2.05, 4.69) is 93.1 Å². The van der Waals surface area contributed by atoms with Gasteiger partial charge in [-0.15, -0.1) is 0 Å². The first-order chi connectivity index (χ1) is 17.4. The van der Waals surface area contributed by atoms with Gasteiger partial charge in [-0.1, -0.05) is 63.5 Å². The number of ether oxygens (including phenoxy) is 2. The summed E-state index contributed by atoms with van der Waals surface area (Å²) in [5.41, 5.74) is 4.50. The summed E-state index contributed by atoms with van der Waals surface area (Å²) in [6, 6.07) is 18.8. The molecule has 2 aromatic carbocycles. The van der Waals surface area contributed by atoms with E-state index in [0.717, 1.165) is 49.1 Å². The van der Waals surface area contributed by atoms with E-state index in [4.69, 9.17) is 9.47 Å². The van der Waals surface area contributed by atoms with Crippen molar-refractivity contribution in [1.82, 2.24) is 0 Å². The van der Waals surface area contributed by atoms with Gasteiger partial charge in [0.2, 0.25) is 0 Å². The standard InChI is InChI=1S/C30H47NO4Si2/c1-36(2,3)23-21-34-29(32)11-7-9-25-13-17-27(18-14-25)31-28-19-15-26(16-20-28)10-8-12-30(33)35-22-24-37(4,5)6/h13-20,31H,7-12,21-24H2,1-6H3. The van der Waals surface area contributed by atoms with Crippen LogP contribution in [0.15, 0.2) is 48.5 Å². The van der Waals surface area contributed by atoms with Crippen LogP contribution in [-0.2, 0) is 31.9 Å². The highest BCUT2D eigenvalue weighted by Gasteiger charge is 2.14. The van der Waals surface area contributed by atoms with Crippen molar-refractivity contribution in [2.45, 2.75) is 89.9 Å². The molecule has 0 amide bonds. The summed E-state index contributed by atoms with van der Waals surface area (Å²) in [6.45, 7) is 14.8. The van der Waals surface area contributed by atoms with Crippen LogP contribution in [0.5, 0.6) is 0 Å². The van der Waals surface area contributed by atoms with Gasteiger partial charge >= 0.3 is 11.9 Å². The molecule has 0 atom stereocenters. The Bertz CT molecular complexity index is 882. The van der Waals surface area contributed by atoms with E-state index < -0.39 is 16.1 Å². The van der Waals surface area contributed by atoms with Crippen molar-refractivity contribution in [2.24, 2.45) is 0 Å². The molecule has 0 spiro atoms. The fraction of sp³-hybridized carbons (Fsp3) is 0.533. The molecule has 5 nitrogen and oxygen atoms in total. The normalized spacial score (nSPS) is 11.7. The minimum atomic E-state index is -1.16. The van der Waals surface area contributed by atoms with Gasteiger partial charge in [-0.05, 0) is 73.2 Å². The Kier molecular flexibility index (Phi) is 12.6. The maximum absolute atomic E-state index is 11.9. The van der Waals surface area contributed by atoms with Crippen LogP contribution < -0.4 is 5.32 Å². The topological polar surface area (TPSA) is 64.6 Å². The monoisotopic (exact) mass is 541 g/mol. The van der Waals surface area contributed by atoms with Crippen LogP contribution >= 0.6 is 0 Å². The molecular weight excluding hydrogens is 495 g/mol. The maximum Gasteiger partial charge on any atom is 0.305 e. The lowest BCUT2D eigenvalue weighted by Crippen LogP contribution is -2.22. The molecule has 0 aliphatic rings. The van der Waals surface area contributed by atoms with E-state index in [1.54, 1.807) is 0 Å². The van der Waals surface area contributed by atoms with Crippen molar-refractivity contribution in [3.63, 3.8) is 0 Å². The van der Waals surface area contributed by atoms with E-state index >= 15 is 0 Å². The number of aryl methyl sites for hydroxylation is 2. The zero-order valence-corrected chi connectivity index (χ0v) is 25.8. The van der Waals surface area contributed by atoms with Crippen molar-refractivity contribution in [1.29, 1.82) is 0 Å². The molecule has 0 saturated heterocycles. The molecular formula is C30H47NO4Si2. The third-order valence-electron chi connectivity index (χ3n) is 6.12. The third-order valence-corrected chi connectivity index (χ3v) is 9.53. The molecule has 0 aromatic heterocycles. The smallest absolute Gasteiger partial charge is 0.305 e. The molecule has 0 bridgehead atoms. The molecule has 0 heterocycles. The Balaban J connectivity index is 1.65. The molecule has 0 aliphatic heterocycles. The van der Waals surface area contributed by atoms with Crippen LogP contribution in [0, 0.1) is 0 Å². The predicted molar refractivity (Wildman–Crippen MR) is 160 cm³/mol. The van der Waals surface area contributed by atoms with Gasteiger partial charge < -0.3 is 14.8 Å². The van der Waals surface area contributed by atoms with E-state index in [1.165, 1.54) is 11.1 Å². The average molecular weight is 542 g/mol. The van der Waals surface area contributed by atoms with Crippen molar-refractivity contribution in [3.8, 4) is 0 Å². The van der Waals surface area contributed by atoms with E-state index in [0.29, 0.717) is 26.1 Å². The quantitative estimate of drug-likeness (QED) is 0.173. The largest absolute Gasteiger partial charge is 0.466 e. The van der Waals surface area contributed by atoms with Crippen LogP contribution in [0.25, 0.3) is 0 Å². The highest BCUT2D eigenvalue weighted by atomic mass is 28.3. The van der Waals surface area contributed by atoms with E-state index in [9.17, 15) is 9.59 Å². The number of nitrogens with one attached hydrogen (secondary N) is 1. The second kappa shape index (κ2) is 15.1. The first kappa shape index (κ1) is 30.8. The Hall–Kier alpha value is -2.39. The summed E-state index contributed by atoms with van der Waals surface area (Å²) < 4.78 is 10.7. The number of hydrogen-bond acceptors (Lipinski definition) is 5. The molecule has 2 aromatic rings. The van der Waals surface area contributed by atoms with Gasteiger partial charge in [0.15, 0.2) is 0 Å². The van der Waals surface area contributed by atoms with Crippen molar-refractivity contribution < 1.29 is 19.1 Å². The van der Waals surface area contributed by atoms with Crippen molar-refractivity contribution in [3.05, 3.63) is 59.7 Å². The number of carbonyl (C=O) groups excluding carboxylic acids is 2. The molecule has 2 rings (SSSR count). The second-order valence-electron chi connectivity index (χ2n) is 12.3. The highest BCUT2D eigenvalue weighted by Crippen LogP contribution is 2.19. The molecule has 0 saturated carbocycles. The molecule has 0 radical (unpaired) electrons. The van der Waals surface area contributed by atoms with Crippen LogP contribution in [0.1, 0.15) is 36.8 Å². The number of esters is 2. The fourth-order valence-corrected chi connectivity index (χ4v) is 5.07. The van der Waals surface area contributed by atoms with Crippen molar-refractivity contribution >= 4 is 39.5 Å². The summed E-state index contributed by atoms with van der Waals surface area (Å²) in [5, 5.41) is 3.44. The highest BCUT2D eigenvalue weighted by molar-refractivity contribution is 6.76. The molecule has 7 heteroatoms. The SMILES string of the molecule is C[Si](C)(C)CCOC(=O)CCCc1ccc(Nc2ccc(CCCC(=O)OCC[Si](C)(C)C)cc2)cc1. The second-order valence-corrected chi connectivity index (χ2v) is 23.5. The lowest BCUT2D eigenvalue weighted by Gasteiger charge is -2.15. The van der Waals surface area contributed by atoms with Crippen LogP contribution in [0.2, 0.25) is 51.4 Å². The van der Waals surface area contributed by atoms with E-state index in [-0.39, 0.29) is 11.9 Å². The maximum atomic E-state index is 11.9. The Morgan fingerprint density at radius 3 is 1.30 bits per heavy atom. The number of rotatable bonds is 16. The summed E-state index contributed by atoms with van der Waals surface area (Å²) in [6.07, 6.45) is 4.27. The summed E-state index contributed by atoms with van der Waals surface area (Å²) >= 11 is 0.